The van der Waals surface area contributed by atoms with Gasteiger partial charge in [0.1, 0.15) is 0 Å². The highest BCUT2D eigenvalue weighted by Crippen LogP contribution is 2.26. The number of aliphatic hydroxyl groups excluding tert-OH is 1. The van der Waals surface area contributed by atoms with Crippen LogP contribution in [0.15, 0.2) is 48.5 Å². The zero-order valence-electron chi connectivity index (χ0n) is 11.3. The van der Waals surface area contributed by atoms with Crippen LogP contribution < -0.4 is 0 Å². The van der Waals surface area contributed by atoms with E-state index in [2.05, 4.69) is 0 Å². The standard InChI is InChI=1S/C16H17Cl2NO/c1-19(10-13-14(17)8-5-9-15(13)18)11-16(20)12-6-3-2-4-7-12/h2-9,16,20H,10-11H2,1H3. The van der Waals surface area contributed by atoms with Gasteiger partial charge < -0.3 is 5.11 Å². The second-order valence-corrected chi connectivity index (χ2v) is 5.64. The molecule has 0 heterocycles. The van der Waals surface area contributed by atoms with Crippen molar-refractivity contribution in [2.75, 3.05) is 13.6 Å². The van der Waals surface area contributed by atoms with Gasteiger partial charge in [-0.25, -0.2) is 0 Å². The topological polar surface area (TPSA) is 23.5 Å². The van der Waals surface area contributed by atoms with Crippen molar-refractivity contribution in [2.45, 2.75) is 12.6 Å². The van der Waals surface area contributed by atoms with Gasteiger partial charge in [0.2, 0.25) is 0 Å². The molecule has 0 saturated carbocycles. The van der Waals surface area contributed by atoms with Crippen LogP contribution in [-0.4, -0.2) is 23.6 Å². The number of hydrogen-bond donors (Lipinski definition) is 1. The second-order valence-electron chi connectivity index (χ2n) is 4.82. The summed E-state index contributed by atoms with van der Waals surface area (Å²) in [7, 11) is 1.94. The van der Waals surface area contributed by atoms with Gasteiger partial charge in [0, 0.05) is 28.7 Å². The Hall–Kier alpha value is -1.06. The summed E-state index contributed by atoms with van der Waals surface area (Å²) in [5.41, 5.74) is 1.79. The molecular formula is C16H17Cl2NO. The molecular weight excluding hydrogens is 293 g/mol. The number of halogens is 2. The van der Waals surface area contributed by atoms with Gasteiger partial charge in [-0.15, -0.1) is 0 Å². The molecule has 0 bridgehead atoms. The molecule has 1 N–H and O–H groups in total. The predicted molar refractivity (Wildman–Crippen MR) is 84.2 cm³/mol. The molecule has 2 aromatic carbocycles. The highest BCUT2D eigenvalue weighted by Gasteiger charge is 2.13. The third kappa shape index (κ3) is 3.97. The molecule has 2 aromatic rings. The van der Waals surface area contributed by atoms with E-state index in [1.54, 1.807) is 0 Å². The first-order chi connectivity index (χ1) is 9.58. The smallest absolute Gasteiger partial charge is 0.0916 e. The van der Waals surface area contributed by atoms with Crippen molar-refractivity contribution in [3.05, 3.63) is 69.7 Å². The lowest BCUT2D eigenvalue weighted by Crippen LogP contribution is -2.24. The third-order valence-corrected chi connectivity index (χ3v) is 3.87. The normalized spacial score (nSPS) is 12.7. The number of benzene rings is 2. The summed E-state index contributed by atoms with van der Waals surface area (Å²) < 4.78 is 0. The lowest BCUT2D eigenvalue weighted by molar-refractivity contribution is 0.124. The molecule has 0 aliphatic carbocycles. The van der Waals surface area contributed by atoms with Crippen molar-refractivity contribution < 1.29 is 5.11 Å². The molecule has 0 aliphatic rings. The fourth-order valence-electron chi connectivity index (χ4n) is 2.09. The van der Waals surface area contributed by atoms with Crippen LogP contribution in [0.25, 0.3) is 0 Å². The van der Waals surface area contributed by atoms with E-state index in [0.29, 0.717) is 23.1 Å². The maximum atomic E-state index is 10.2. The van der Waals surface area contributed by atoms with Crippen molar-refractivity contribution in [1.29, 1.82) is 0 Å². The number of aliphatic hydroxyl groups is 1. The van der Waals surface area contributed by atoms with Gasteiger partial charge in [-0.05, 0) is 24.7 Å². The van der Waals surface area contributed by atoms with Gasteiger partial charge in [0.15, 0.2) is 0 Å². The highest BCUT2D eigenvalue weighted by molar-refractivity contribution is 6.35. The van der Waals surface area contributed by atoms with Gasteiger partial charge in [-0.1, -0.05) is 59.6 Å². The van der Waals surface area contributed by atoms with Crippen LogP contribution in [0, 0.1) is 0 Å². The first-order valence-electron chi connectivity index (χ1n) is 6.42. The Morgan fingerprint density at radius 2 is 1.60 bits per heavy atom. The van der Waals surface area contributed by atoms with E-state index in [0.717, 1.165) is 11.1 Å². The van der Waals surface area contributed by atoms with Crippen LogP contribution in [-0.2, 0) is 6.54 Å². The summed E-state index contributed by atoms with van der Waals surface area (Å²) in [6.45, 7) is 1.12. The van der Waals surface area contributed by atoms with E-state index in [1.165, 1.54) is 0 Å². The molecule has 0 saturated heterocycles. The minimum atomic E-state index is -0.525. The summed E-state index contributed by atoms with van der Waals surface area (Å²) in [5, 5.41) is 11.5. The Labute approximate surface area is 129 Å². The SMILES string of the molecule is CN(Cc1c(Cl)cccc1Cl)CC(O)c1ccccc1. The Kier molecular flexibility index (Phi) is 5.44. The van der Waals surface area contributed by atoms with Crippen molar-refractivity contribution in [2.24, 2.45) is 0 Å². The lowest BCUT2D eigenvalue weighted by atomic mass is 10.1. The van der Waals surface area contributed by atoms with Crippen LogP contribution >= 0.6 is 23.2 Å². The summed E-state index contributed by atoms with van der Waals surface area (Å²) in [6.07, 6.45) is -0.525. The Morgan fingerprint density at radius 3 is 2.20 bits per heavy atom. The summed E-state index contributed by atoms with van der Waals surface area (Å²) in [6, 6.07) is 15.1. The molecule has 1 unspecified atom stereocenters. The van der Waals surface area contributed by atoms with E-state index in [1.807, 2.05) is 60.5 Å². The first kappa shape index (κ1) is 15.3. The zero-order valence-corrected chi connectivity index (χ0v) is 12.8. The third-order valence-electron chi connectivity index (χ3n) is 3.16. The minimum absolute atomic E-state index is 0.519. The fraction of sp³-hybridized carbons (Fsp3) is 0.250. The van der Waals surface area contributed by atoms with Gasteiger partial charge in [0.05, 0.1) is 6.10 Å². The van der Waals surface area contributed by atoms with E-state index >= 15 is 0 Å². The van der Waals surface area contributed by atoms with Gasteiger partial charge in [-0.2, -0.15) is 0 Å². The molecule has 0 fully saturated rings. The molecule has 0 radical (unpaired) electrons. The van der Waals surface area contributed by atoms with E-state index in [-0.39, 0.29) is 0 Å². The van der Waals surface area contributed by atoms with Gasteiger partial charge in [0.25, 0.3) is 0 Å². The van der Waals surface area contributed by atoms with Crippen molar-refractivity contribution >= 4 is 23.2 Å². The number of likely N-dealkylation sites (N-methyl/N-ethyl adjacent to an activating group) is 1. The minimum Gasteiger partial charge on any atom is -0.387 e. The molecule has 0 spiro atoms. The molecule has 2 nitrogen and oxygen atoms in total. The maximum Gasteiger partial charge on any atom is 0.0916 e. The Bertz CT molecular complexity index is 539. The number of rotatable bonds is 5. The largest absolute Gasteiger partial charge is 0.387 e. The summed E-state index contributed by atoms with van der Waals surface area (Å²) in [4.78, 5) is 2.00. The molecule has 106 valence electrons. The van der Waals surface area contributed by atoms with Crippen LogP contribution in [0.4, 0.5) is 0 Å². The predicted octanol–water partition coefficient (Wildman–Crippen LogP) is 4.16. The van der Waals surface area contributed by atoms with Crippen molar-refractivity contribution in [3.63, 3.8) is 0 Å². The second kappa shape index (κ2) is 7.09. The first-order valence-corrected chi connectivity index (χ1v) is 7.18. The molecule has 4 heteroatoms. The summed E-state index contributed by atoms with van der Waals surface area (Å²) in [5.74, 6) is 0. The molecule has 2 rings (SSSR count). The average Bonchev–Trinajstić information content (AvgIpc) is 2.44. The molecule has 0 aliphatic heterocycles. The lowest BCUT2D eigenvalue weighted by Gasteiger charge is -2.22. The highest BCUT2D eigenvalue weighted by atomic mass is 35.5. The number of nitrogens with zero attached hydrogens (tertiary/aromatic N) is 1. The van der Waals surface area contributed by atoms with Crippen LogP contribution in [0.3, 0.4) is 0 Å². The van der Waals surface area contributed by atoms with E-state index in [4.69, 9.17) is 23.2 Å². The van der Waals surface area contributed by atoms with Gasteiger partial charge >= 0.3 is 0 Å². The van der Waals surface area contributed by atoms with Gasteiger partial charge in [-0.3, -0.25) is 4.90 Å². The molecule has 1 atom stereocenters. The molecule has 0 aromatic heterocycles. The monoisotopic (exact) mass is 309 g/mol. The van der Waals surface area contributed by atoms with E-state index in [9.17, 15) is 5.11 Å². The molecule has 0 amide bonds. The van der Waals surface area contributed by atoms with Crippen LogP contribution in [0.5, 0.6) is 0 Å². The Morgan fingerprint density at radius 1 is 1.00 bits per heavy atom. The fourth-order valence-corrected chi connectivity index (χ4v) is 2.61. The van der Waals surface area contributed by atoms with Crippen LogP contribution in [0.2, 0.25) is 10.0 Å². The van der Waals surface area contributed by atoms with Crippen molar-refractivity contribution in [3.8, 4) is 0 Å². The van der Waals surface area contributed by atoms with Crippen LogP contribution in [0.1, 0.15) is 17.2 Å². The number of hydrogen-bond acceptors (Lipinski definition) is 2. The van der Waals surface area contributed by atoms with E-state index < -0.39 is 6.10 Å². The quantitative estimate of drug-likeness (QED) is 0.896. The zero-order chi connectivity index (χ0) is 14.5. The average molecular weight is 310 g/mol. The Balaban J connectivity index is 2.01. The maximum absolute atomic E-state index is 10.2. The summed E-state index contributed by atoms with van der Waals surface area (Å²) >= 11 is 12.3. The van der Waals surface area contributed by atoms with Crippen molar-refractivity contribution in [1.82, 2.24) is 4.90 Å². The molecule has 20 heavy (non-hydrogen) atoms.